The fraction of sp³-hybridized carbons (Fsp3) is 0.444. The molecule has 0 spiro atoms. The maximum absolute atomic E-state index is 11.8. The normalized spacial score (nSPS) is 18.2. The first kappa shape index (κ1) is 20.8. The van der Waals surface area contributed by atoms with Crippen molar-refractivity contribution >= 4 is 27.8 Å². The number of carbonyl (C=O) groups is 2. The molecule has 1 atom stereocenters. The Hall–Kier alpha value is -2.55. The summed E-state index contributed by atoms with van der Waals surface area (Å²) in [5.41, 5.74) is 0.926. The van der Waals surface area contributed by atoms with E-state index >= 15 is 0 Å². The van der Waals surface area contributed by atoms with E-state index in [1.807, 2.05) is 25.1 Å². The van der Waals surface area contributed by atoms with E-state index in [4.69, 9.17) is 14.2 Å². The summed E-state index contributed by atoms with van der Waals surface area (Å²) >= 11 is 0. The Balaban J connectivity index is 1.77. The zero-order chi connectivity index (χ0) is 19.9. The largest absolute Gasteiger partial charge is 0.493 e. The summed E-state index contributed by atoms with van der Waals surface area (Å²) in [6, 6.07) is 4.82. The van der Waals surface area contributed by atoms with Crippen LogP contribution in [0.2, 0.25) is 0 Å². The van der Waals surface area contributed by atoms with Crippen LogP contribution >= 0.6 is 0 Å². The number of methoxy groups -OCH3 is 1. The third kappa shape index (κ3) is 6.59. The van der Waals surface area contributed by atoms with Crippen molar-refractivity contribution in [3.63, 3.8) is 0 Å². The number of ether oxygens (including phenoxy) is 3. The first-order valence-electron chi connectivity index (χ1n) is 8.42. The Labute approximate surface area is 158 Å². The van der Waals surface area contributed by atoms with E-state index in [1.54, 1.807) is 12.1 Å². The van der Waals surface area contributed by atoms with Crippen LogP contribution < -0.4 is 14.8 Å². The standard InChI is InChI=1S/C18H23NO7S/c1-3-4-13-5-6-15(16(9-13)24-2)25-11-18(21)26-10-17(20)19-14-7-8-27(22,23)12-14/h3-6,9,14H,7-8,10-12H2,1-2H3,(H,19,20)/b4-3+/t14-/m0/s1. The molecule has 0 unspecified atom stereocenters. The fourth-order valence-corrected chi connectivity index (χ4v) is 4.28. The Morgan fingerprint density at radius 1 is 1.26 bits per heavy atom. The molecule has 1 N–H and O–H groups in total. The van der Waals surface area contributed by atoms with Crippen molar-refractivity contribution in [3.05, 3.63) is 29.8 Å². The minimum absolute atomic E-state index is 0.0558. The average Bonchev–Trinajstić information content (AvgIpc) is 2.97. The Morgan fingerprint density at radius 3 is 2.67 bits per heavy atom. The highest BCUT2D eigenvalue weighted by molar-refractivity contribution is 7.91. The first-order chi connectivity index (χ1) is 12.8. The van der Waals surface area contributed by atoms with Crippen molar-refractivity contribution in [1.29, 1.82) is 0 Å². The number of hydrogen-bond acceptors (Lipinski definition) is 7. The van der Waals surface area contributed by atoms with Crippen molar-refractivity contribution in [3.8, 4) is 11.5 Å². The molecule has 0 radical (unpaired) electrons. The first-order valence-corrected chi connectivity index (χ1v) is 10.2. The molecule has 1 heterocycles. The van der Waals surface area contributed by atoms with Gasteiger partial charge < -0.3 is 19.5 Å². The molecule has 0 bridgehead atoms. The molecule has 0 aliphatic carbocycles. The zero-order valence-electron chi connectivity index (χ0n) is 15.3. The topological polar surface area (TPSA) is 108 Å². The van der Waals surface area contributed by atoms with Gasteiger partial charge in [0.15, 0.2) is 34.6 Å². The predicted octanol–water partition coefficient (Wildman–Crippen LogP) is 0.954. The molecule has 27 heavy (non-hydrogen) atoms. The van der Waals surface area contributed by atoms with Gasteiger partial charge in [-0.3, -0.25) is 4.79 Å². The van der Waals surface area contributed by atoms with E-state index in [9.17, 15) is 18.0 Å². The second kappa shape index (κ2) is 9.40. The molecule has 8 nitrogen and oxygen atoms in total. The monoisotopic (exact) mass is 397 g/mol. The van der Waals surface area contributed by atoms with Crippen LogP contribution in [0.1, 0.15) is 18.9 Å². The van der Waals surface area contributed by atoms with Crippen LogP contribution in [0.4, 0.5) is 0 Å². The SMILES string of the molecule is C/C=C/c1ccc(OCC(=O)OCC(=O)N[C@H]2CCS(=O)(=O)C2)c(OC)c1. The van der Waals surface area contributed by atoms with Gasteiger partial charge >= 0.3 is 5.97 Å². The number of esters is 1. The molecule has 9 heteroatoms. The van der Waals surface area contributed by atoms with Crippen LogP contribution in [-0.2, 0) is 24.2 Å². The number of amides is 1. The van der Waals surface area contributed by atoms with Gasteiger partial charge in [-0.1, -0.05) is 18.2 Å². The van der Waals surface area contributed by atoms with Crippen LogP contribution in [0.25, 0.3) is 6.08 Å². The van der Waals surface area contributed by atoms with Crippen LogP contribution in [0, 0.1) is 0 Å². The Kier molecular flexibility index (Phi) is 7.23. The molecule has 1 aliphatic heterocycles. The molecule has 1 fully saturated rings. The van der Waals surface area contributed by atoms with Gasteiger partial charge in [-0.25, -0.2) is 13.2 Å². The summed E-state index contributed by atoms with van der Waals surface area (Å²) in [5.74, 6) is -0.441. The van der Waals surface area contributed by atoms with Crippen LogP contribution in [-0.4, -0.2) is 58.2 Å². The van der Waals surface area contributed by atoms with E-state index < -0.39 is 34.4 Å². The highest BCUT2D eigenvalue weighted by Crippen LogP contribution is 2.28. The maximum Gasteiger partial charge on any atom is 0.344 e. The van der Waals surface area contributed by atoms with Crippen LogP contribution in [0.5, 0.6) is 11.5 Å². The number of hydrogen-bond donors (Lipinski definition) is 1. The second-order valence-electron chi connectivity index (χ2n) is 6.03. The maximum atomic E-state index is 11.8. The molecular weight excluding hydrogens is 374 g/mol. The lowest BCUT2D eigenvalue weighted by Crippen LogP contribution is -2.38. The highest BCUT2D eigenvalue weighted by Gasteiger charge is 2.29. The minimum Gasteiger partial charge on any atom is -0.493 e. The van der Waals surface area contributed by atoms with Gasteiger partial charge in [0.25, 0.3) is 5.91 Å². The minimum atomic E-state index is -3.08. The molecule has 1 aliphatic rings. The fourth-order valence-electron chi connectivity index (χ4n) is 2.60. The molecule has 1 amide bonds. The van der Waals surface area contributed by atoms with Gasteiger partial charge in [-0.05, 0) is 31.0 Å². The lowest BCUT2D eigenvalue weighted by atomic mass is 10.2. The molecule has 1 aromatic rings. The summed E-state index contributed by atoms with van der Waals surface area (Å²) in [7, 11) is -1.59. The second-order valence-corrected chi connectivity index (χ2v) is 8.26. The molecule has 148 valence electrons. The summed E-state index contributed by atoms with van der Waals surface area (Å²) in [4.78, 5) is 23.5. The van der Waals surface area contributed by atoms with Crippen molar-refractivity contribution in [2.75, 3.05) is 31.8 Å². The third-order valence-corrected chi connectivity index (χ3v) is 5.62. The van der Waals surface area contributed by atoms with E-state index in [0.29, 0.717) is 17.9 Å². The van der Waals surface area contributed by atoms with E-state index in [0.717, 1.165) is 5.56 Å². The highest BCUT2D eigenvalue weighted by atomic mass is 32.2. The van der Waals surface area contributed by atoms with Crippen molar-refractivity contribution in [2.24, 2.45) is 0 Å². The quantitative estimate of drug-likeness (QED) is 0.651. The van der Waals surface area contributed by atoms with Crippen LogP contribution in [0.15, 0.2) is 24.3 Å². The van der Waals surface area contributed by atoms with Gasteiger partial charge in [0.1, 0.15) is 0 Å². The number of nitrogens with one attached hydrogen (secondary N) is 1. The number of rotatable bonds is 8. The molecule has 0 saturated carbocycles. The van der Waals surface area contributed by atoms with E-state index in [-0.39, 0.29) is 18.1 Å². The smallest absolute Gasteiger partial charge is 0.344 e. The van der Waals surface area contributed by atoms with Crippen molar-refractivity contribution in [2.45, 2.75) is 19.4 Å². The molecule has 0 aromatic heterocycles. The van der Waals surface area contributed by atoms with Gasteiger partial charge in [-0.15, -0.1) is 0 Å². The number of benzene rings is 1. The molecular formula is C18H23NO7S. The van der Waals surface area contributed by atoms with Crippen LogP contribution in [0.3, 0.4) is 0 Å². The lowest BCUT2D eigenvalue weighted by Gasteiger charge is -2.12. The predicted molar refractivity (Wildman–Crippen MR) is 99.4 cm³/mol. The van der Waals surface area contributed by atoms with Gasteiger partial charge in [-0.2, -0.15) is 0 Å². The Bertz CT molecular complexity index is 817. The molecule has 1 aromatic carbocycles. The lowest BCUT2D eigenvalue weighted by molar-refractivity contribution is -0.150. The number of carbonyl (C=O) groups excluding carboxylic acids is 2. The summed E-state index contributed by atoms with van der Waals surface area (Å²) < 4.78 is 38.2. The third-order valence-electron chi connectivity index (χ3n) is 3.85. The zero-order valence-corrected chi connectivity index (χ0v) is 16.1. The average molecular weight is 397 g/mol. The van der Waals surface area contributed by atoms with Gasteiger partial charge in [0.2, 0.25) is 0 Å². The molecule has 1 saturated heterocycles. The van der Waals surface area contributed by atoms with Crippen molar-refractivity contribution in [1.82, 2.24) is 5.32 Å². The summed E-state index contributed by atoms with van der Waals surface area (Å²) in [6.07, 6.45) is 4.15. The summed E-state index contributed by atoms with van der Waals surface area (Å²) in [5, 5.41) is 2.54. The van der Waals surface area contributed by atoms with E-state index in [1.165, 1.54) is 7.11 Å². The Morgan fingerprint density at radius 2 is 2.04 bits per heavy atom. The molecule has 2 rings (SSSR count). The van der Waals surface area contributed by atoms with E-state index in [2.05, 4.69) is 5.32 Å². The van der Waals surface area contributed by atoms with Crippen molar-refractivity contribution < 1.29 is 32.2 Å². The van der Waals surface area contributed by atoms with Gasteiger partial charge in [0.05, 0.1) is 18.6 Å². The number of allylic oxidation sites excluding steroid dienone is 1. The summed E-state index contributed by atoms with van der Waals surface area (Å²) in [6.45, 7) is 1.02. The van der Waals surface area contributed by atoms with Gasteiger partial charge in [0, 0.05) is 6.04 Å². The number of sulfone groups is 1.